The maximum atomic E-state index is 4.70. The number of fused-ring (bicyclic) bond motifs is 4. The number of rotatable bonds is 1. The molecule has 0 aliphatic rings. The van der Waals surface area contributed by atoms with Crippen LogP contribution in [0.4, 0.5) is 0 Å². The van der Waals surface area contributed by atoms with Gasteiger partial charge in [0.2, 0.25) is 0 Å². The monoisotopic (exact) mass is 300 g/mol. The number of hydrogen-bond acceptors (Lipinski definition) is 2. The van der Waals surface area contributed by atoms with E-state index in [0.29, 0.717) is 0 Å². The Morgan fingerprint density at radius 1 is 0.773 bits per heavy atom. The lowest BCUT2D eigenvalue weighted by atomic mass is 10.1. The molecule has 5 rings (SSSR count). The highest BCUT2D eigenvalue weighted by molar-refractivity contribution is 7.25. The second-order valence-electron chi connectivity index (χ2n) is 5.41. The van der Waals surface area contributed by atoms with Gasteiger partial charge in [0, 0.05) is 25.7 Å². The molecule has 0 atom stereocenters. The Kier molecular flexibility index (Phi) is 2.40. The number of imidazole rings is 1. The van der Waals surface area contributed by atoms with E-state index in [1.54, 1.807) is 0 Å². The quantitative estimate of drug-likeness (QED) is 0.429. The third-order valence-corrected chi connectivity index (χ3v) is 5.19. The predicted molar refractivity (Wildman–Crippen MR) is 94.4 cm³/mol. The summed E-state index contributed by atoms with van der Waals surface area (Å²) in [6.07, 6.45) is 0. The molecule has 0 spiro atoms. The number of benzene rings is 3. The molecule has 2 nitrogen and oxygen atoms in total. The highest BCUT2D eigenvalue weighted by atomic mass is 32.1. The summed E-state index contributed by atoms with van der Waals surface area (Å²) in [5.74, 6) is 0.929. The van der Waals surface area contributed by atoms with Crippen LogP contribution in [0.15, 0.2) is 66.7 Å². The molecule has 22 heavy (non-hydrogen) atoms. The summed E-state index contributed by atoms with van der Waals surface area (Å²) in [7, 11) is 0. The van der Waals surface area contributed by atoms with Crippen LogP contribution < -0.4 is 0 Å². The summed E-state index contributed by atoms with van der Waals surface area (Å²) in [5.41, 5.74) is 3.22. The van der Waals surface area contributed by atoms with Crippen LogP contribution >= 0.6 is 11.3 Å². The molecule has 3 aromatic carbocycles. The van der Waals surface area contributed by atoms with E-state index in [4.69, 9.17) is 4.98 Å². The topological polar surface area (TPSA) is 28.7 Å². The van der Waals surface area contributed by atoms with E-state index in [9.17, 15) is 0 Å². The minimum Gasteiger partial charge on any atom is -0.338 e. The van der Waals surface area contributed by atoms with E-state index in [1.807, 2.05) is 29.5 Å². The molecule has 1 N–H and O–H groups in total. The summed E-state index contributed by atoms with van der Waals surface area (Å²) in [6, 6.07) is 23.3. The summed E-state index contributed by atoms with van der Waals surface area (Å²) < 4.78 is 2.65. The van der Waals surface area contributed by atoms with Crippen molar-refractivity contribution in [3.8, 4) is 11.4 Å². The number of thiophene rings is 1. The molecule has 0 radical (unpaired) electrons. The summed E-state index contributed by atoms with van der Waals surface area (Å²) in [6.45, 7) is 0. The zero-order valence-corrected chi connectivity index (χ0v) is 12.5. The van der Waals surface area contributed by atoms with Crippen molar-refractivity contribution in [1.82, 2.24) is 9.97 Å². The first-order chi connectivity index (χ1) is 10.9. The normalized spacial score (nSPS) is 11.6. The van der Waals surface area contributed by atoms with Crippen molar-refractivity contribution in [3.05, 3.63) is 66.7 Å². The first-order valence-electron chi connectivity index (χ1n) is 7.25. The molecule has 2 aromatic heterocycles. The molecule has 104 valence electrons. The summed E-state index contributed by atoms with van der Waals surface area (Å²) in [5, 5.41) is 2.62. The van der Waals surface area contributed by atoms with Gasteiger partial charge in [0.15, 0.2) is 0 Å². The Bertz CT molecular complexity index is 1100. The molecule has 0 unspecified atom stereocenters. The first kappa shape index (κ1) is 12.0. The molecular weight excluding hydrogens is 288 g/mol. The van der Waals surface area contributed by atoms with Gasteiger partial charge in [0.25, 0.3) is 0 Å². The van der Waals surface area contributed by atoms with E-state index < -0.39 is 0 Å². The van der Waals surface area contributed by atoms with E-state index in [0.717, 1.165) is 22.4 Å². The molecule has 0 saturated heterocycles. The summed E-state index contributed by atoms with van der Waals surface area (Å²) >= 11 is 1.84. The highest BCUT2D eigenvalue weighted by Crippen LogP contribution is 2.35. The number of nitrogens with one attached hydrogen (secondary N) is 1. The van der Waals surface area contributed by atoms with E-state index >= 15 is 0 Å². The van der Waals surface area contributed by atoms with Crippen molar-refractivity contribution in [2.75, 3.05) is 0 Å². The molecule has 0 fully saturated rings. The molecule has 0 saturated carbocycles. The second-order valence-corrected chi connectivity index (χ2v) is 6.50. The molecule has 0 aliphatic carbocycles. The van der Waals surface area contributed by atoms with E-state index in [-0.39, 0.29) is 0 Å². The van der Waals surface area contributed by atoms with Crippen LogP contribution in [-0.4, -0.2) is 9.97 Å². The molecular formula is C19H12N2S. The largest absolute Gasteiger partial charge is 0.338 e. The van der Waals surface area contributed by atoms with E-state index in [2.05, 4.69) is 53.5 Å². The van der Waals surface area contributed by atoms with Gasteiger partial charge in [-0.2, -0.15) is 0 Å². The number of aromatic amines is 1. The number of aromatic nitrogens is 2. The van der Waals surface area contributed by atoms with Crippen LogP contribution in [0.2, 0.25) is 0 Å². The Balaban J connectivity index is 1.78. The van der Waals surface area contributed by atoms with Gasteiger partial charge < -0.3 is 4.98 Å². The van der Waals surface area contributed by atoms with Crippen LogP contribution in [0, 0.1) is 0 Å². The lowest BCUT2D eigenvalue weighted by molar-refractivity contribution is 1.34. The lowest BCUT2D eigenvalue weighted by Crippen LogP contribution is -1.79. The van der Waals surface area contributed by atoms with Crippen LogP contribution in [-0.2, 0) is 0 Å². The average Bonchev–Trinajstić information content (AvgIpc) is 3.15. The Morgan fingerprint density at radius 2 is 1.59 bits per heavy atom. The standard InChI is InChI=1S/C19H12N2S/c1-4-8-17-13(5-1)14-11-12(9-10-18(14)22-17)19-20-15-6-2-3-7-16(15)21-19/h1-11H,(H,20,21). The lowest BCUT2D eigenvalue weighted by Gasteiger charge is -1.97. The van der Waals surface area contributed by atoms with Gasteiger partial charge in [0.05, 0.1) is 11.0 Å². The number of hydrogen-bond donors (Lipinski definition) is 1. The van der Waals surface area contributed by atoms with Gasteiger partial charge in [0.1, 0.15) is 5.82 Å². The van der Waals surface area contributed by atoms with Crippen molar-refractivity contribution < 1.29 is 0 Å². The predicted octanol–water partition coefficient (Wildman–Crippen LogP) is 5.60. The van der Waals surface area contributed by atoms with Crippen LogP contribution in [0.25, 0.3) is 42.6 Å². The van der Waals surface area contributed by atoms with Gasteiger partial charge in [-0.3, -0.25) is 0 Å². The van der Waals surface area contributed by atoms with Crippen LogP contribution in [0.5, 0.6) is 0 Å². The average molecular weight is 300 g/mol. The van der Waals surface area contributed by atoms with Crippen LogP contribution in [0.1, 0.15) is 0 Å². The van der Waals surface area contributed by atoms with Crippen molar-refractivity contribution >= 4 is 42.5 Å². The van der Waals surface area contributed by atoms with Gasteiger partial charge in [-0.05, 0) is 36.4 Å². The smallest absolute Gasteiger partial charge is 0.138 e. The number of H-pyrrole nitrogens is 1. The minimum absolute atomic E-state index is 0.929. The first-order valence-corrected chi connectivity index (χ1v) is 8.06. The van der Waals surface area contributed by atoms with Crippen molar-refractivity contribution in [1.29, 1.82) is 0 Å². The fourth-order valence-corrected chi connectivity index (χ4v) is 4.05. The Morgan fingerprint density at radius 3 is 2.55 bits per heavy atom. The summed E-state index contributed by atoms with van der Waals surface area (Å²) in [4.78, 5) is 8.11. The SMILES string of the molecule is c1ccc2[nH]c(-c3ccc4sc5ccccc5c4c3)nc2c1. The molecule has 2 heterocycles. The van der Waals surface area contributed by atoms with Gasteiger partial charge in [-0.25, -0.2) is 4.98 Å². The van der Waals surface area contributed by atoms with Crippen molar-refractivity contribution in [2.45, 2.75) is 0 Å². The van der Waals surface area contributed by atoms with Crippen LogP contribution in [0.3, 0.4) is 0 Å². The number of para-hydroxylation sites is 2. The van der Waals surface area contributed by atoms with Gasteiger partial charge in [-0.15, -0.1) is 11.3 Å². The molecule has 0 aliphatic heterocycles. The zero-order chi connectivity index (χ0) is 14.5. The molecule has 0 bridgehead atoms. The van der Waals surface area contributed by atoms with Crippen molar-refractivity contribution in [2.24, 2.45) is 0 Å². The second kappa shape index (κ2) is 4.42. The fraction of sp³-hybridized carbons (Fsp3) is 0. The Labute approximate surface area is 131 Å². The van der Waals surface area contributed by atoms with Crippen molar-refractivity contribution in [3.63, 3.8) is 0 Å². The highest BCUT2D eigenvalue weighted by Gasteiger charge is 2.09. The third kappa shape index (κ3) is 1.69. The van der Waals surface area contributed by atoms with Gasteiger partial charge >= 0.3 is 0 Å². The third-order valence-electron chi connectivity index (χ3n) is 4.04. The Hall–Kier alpha value is -2.65. The minimum atomic E-state index is 0.929. The molecule has 5 aromatic rings. The molecule has 3 heteroatoms. The zero-order valence-electron chi connectivity index (χ0n) is 11.7. The molecule has 0 amide bonds. The maximum Gasteiger partial charge on any atom is 0.138 e. The maximum absolute atomic E-state index is 4.70. The fourth-order valence-electron chi connectivity index (χ4n) is 2.96. The number of nitrogens with zero attached hydrogens (tertiary/aromatic N) is 1. The van der Waals surface area contributed by atoms with E-state index in [1.165, 1.54) is 20.2 Å². The van der Waals surface area contributed by atoms with Gasteiger partial charge in [-0.1, -0.05) is 30.3 Å².